The highest BCUT2D eigenvalue weighted by Gasteiger charge is 2.25. The zero-order chi connectivity index (χ0) is 18.4. The molecule has 0 spiro atoms. The van der Waals surface area contributed by atoms with Gasteiger partial charge in [0.05, 0.1) is 13.0 Å². The van der Waals surface area contributed by atoms with Crippen LogP contribution in [-0.4, -0.2) is 42.5 Å². The highest BCUT2D eigenvalue weighted by molar-refractivity contribution is 5.91. The molecule has 1 aromatic carbocycles. The molecular formula is C21H27N3O2. The molecule has 0 bridgehead atoms. The smallest absolute Gasteiger partial charge is 0.229 e. The van der Waals surface area contributed by atoms with Crippen LogP contribution in [0.15, 0.2) is 42.5 Å². The number of hydrogen-bond donors (Lipinski definition) is 1. The van der Waals surface area contributed by atoms with Crippen molar-refractivity contribution in [3.8, 4) is 5.75 Å². The third-order valence-electron chi connectivity index (χ3n) is 4.89. The molecule has 2 aromatic rings. The largest absolute Gasteiger partial charge is 0.497 e. The number of amides is 1. The standard InChI is InChI=1S/C21H27N3O2/c1-16-5-3-7-20(22-16)23-21(25)18-6-4-13-24(15-18)14-12-17-8-10-19(26-2)11-9-17/h3,5,7-11,18H,4,6,12-15H2,1-2H3,(H,22,23,25). The van der Waals surface area contributed by atoms with E-state index in [1.807, 2.05) is 37.3 Å². The van der Waals surface area contributed by atoms with Gasteiger partial charge in [-0.3, -0.25) is 4.79 Å². The maximum absolute atomic E-state index is 12.6. The molecule has 5 nitrogen and oxygen atoms in total. The van der Waals surface area contributed by atoms with Gasteiger partial charge in [0.1, 0.15) is 11.6 Å². The van der Waals surface area contributed by atoms with E-state index in [1.54, 1.807) is 7.11 Å². The molecule has 138 valence electrons. The number of benzene rings is 1. The Balaban J connectivity index is 1.50. The summed E-state index contributed by atoms with van der Waals surface area (Å²) >= 11 is 0. The minimum atomic E-state index is 0.0296. The number of nitrogens with one attached hydrogen (secondary N) is 1. The molecule has 1 aromatic heterocycles. The number of anilines is 1. The number of nitrogens with zero attached hydrogens (tertiary/aromatic N) is 2. The zero-order valence-electron chi connectivity index (χ0n) is 15.6. The third kappa shape index (κ3) is 5.05. The molecule has 2 heterocycles. The number of likely N-dealkylation sites (tertiary alicyclic amines) is 1. The summed E-state index contributed by atoms with van der Waals surface area (Å²) in [5.74, 6) is 1.64. The van der Waals surface area contributed by atoms with Gasteiger partial charge in [0, 0.05) is 18.8 Å². The van der Waals surface area contributed by atoms with Crippen molar-refractivity contribution >= 4 is 11.7 Å². The van der Waals surface area contributed by atoms with Crippen LogP contribution in [0.5, 0.6) is 5.75 Å². The van der Waals surface area contributed by atoms with E-state index in [4.69, 9.17) is 4.74 Å². The van der Waals surface area contributed by atoms with Gasteiger partial charge in [0.2, 0.25) is 5.91 Å². The average molecular weight is 353 g/mol. The number of aryl methyl sites for hydroxylation is 1. The summed E-state index contributed by atoms with van der Waals surface area (Å²) in [7, 11) is 1.68. The van der Waals surface area contributed by atoms with Gasteiger partial charge >= 0.3 is 0 Å². The van der Waals surface area contributed by atoms with Gasteiger partial charge in [-0.1, -0.05) is 18.2 Å². The van der Waals surface area contributed by atoms with Crippen LogP contribution >= 0.6 is 0 Å². The van der Waals surface area contributed by atoms with Crippen molar-refractivity contribution in [3.05, 3.63) is 53.7 Å². The fourth-order valence-electron chi connectivity index (χ4n) is 3.39. The highest BCUT2D eigenvalue weighted by Crippen LogP contribution is 2.19. The lowest BCUT2D eigenvalue weighted by atomic mass is 9.96. The normalized spacial score (nSPS) is 17.7. The Hall–Kier alpha value is -2.40. The summed E-state index contributed by atoms with van der Waals surface area (Å²) < 4.78 is 5.20. The van der Waals surface area contributed by atoms with Crippen molar-refractivity contribution < 1.29 is 9.53 Å². The van der Waals surface area contributed by atoms with Crippen LogP contribution in [0.2, 0.25) is 0 Å². The number of rotatable bonds is 6. The second-order valence-corrected chi connectivity index (χ2v) is 6.89. The second kappa shape index (κ2) is 8.81. The lowest BCUT2D eigenvalue weighted by Crippen LogP contribution is -2.41. The molecule has 1 aliphatic rings. The van der Waals surface area contributed by atoms with Crippen molar-refractivity contribution in [1.82, 2.24) is 9.88 Å². The van der Waals surface area contributed by atoms with Gasteiger partial charge in [-0.05, 0) is 62.6 Å². The molecule has 1 amide bonds. The number of aromatic nitrogens is 1. The molecule has 5 heteroatoms. The average Bonchev–Trinajstić information content (AvgIpc) is 2.67. The van der Waals surface area contributed by atoms with E-state index < -0.39 is 0 Å². The number of ether oxygens (including phenoxy) is 1. The van der Waals surface area contributed by atoms with Crippen LogP contribution in [0, 0.1) is 12.8 Å². The Kier molecular flexibility index (Phi) is 6.23. The van der Waals surface area contributed by atoms with Gasteiger partial charge in [-0.15, -0.1) is 0 Å². The third-order valence-corrected chi connectivity index (χ3v) is 4.89. The molecular weight excluding hydrogens is 326 g/mol. The Morgan fingerprint density at radius 3 is 2.81 bits per heavy atom. The molecule has 1 unspecified atom stereocenters. The predicted molar refractivity (Wildman–Crippen MR) is 103 cm³/mol. The first-order valence-electron chi connectivity index (χ1n) is 9.24. The summed E-state index contributed by atoms with van der Waals surface area (Å²) in [5, 5.41) is 2.97. The lowest BCUT2D eigenvalue weighted by Gasteiger charge is -2.32. The van der Waals surface area contributed by atoms with Crippen molar-refractivity contribution in [3.63, 3.8) is 0 Å². The Labute approximate surface area is 155 Å². The summed E-state index contributed by atoms with van der Waals surface area (Å²) in [4.78, 5) is 19.3. The Morgan fingerprint density at radius 2 is 2.08 bits per heavy atom. The number of carbonyl (C=O) groups is 1. The molecule has 3 rings (SSSR count). The number of carbonyl (C=O) groups excluding carboxylic acids is 1. The van der Waals surface area contributed by atoms with Crippen LogP contribution in [0.4, 0.5) is 5.82 Å². The van der Waals surface area contributed by atoms with Gasteiger partial charge in [0.25, 0.3) is 0 Å². The SMILES string of the molecule is COc1ccc(CCN2CCCC(C(=O)Nc3cccc(C)n3)C2)cc1. The first kappa shape index (κ1) is 18.4. The molecule has 1 N–H and O–H groups in total. The maximum Gasteiger partial charge on any atom is 0.229 e. The van der Waals surface area contributed by atoms with Gasteiger partial charge < -0.3 is 15.0 Å². The fraction of sp³-hybridized carbons (Fsp3) is 0.429. The molecule has 0 aliphatic carbocycles. The Morgan fingerprint density at radius 1 is 1.27 bits per heavy atom. The lowest BCUT2D eigenvalue weighted by molar-refractivity contribution is -0.121. The number of piperidine rings is 1. The van der Waals surface area contributed by atoms with Gasteiger partial charge in [0.15, 0.2) is 0 Å². The van der Waals surface area contributed by atoms with Crippen LogP contribution in [-0.2, 0) is 11.2 Å². The fourth-order valence-corrected chi connectivity index (χ4v) is 3.39. The second-order valence-electron chi connectivity index (χ2n) is 6.89. The topological polar surface area (TPSA) is 54.5 Å². The summed E-state index contributed by atoms with van der Waals surface area (Å²) in [6.45, 7) is 4.77. The van der Waals surface area contributed by atoms with E-state index >= 15 is 0 Å². The van der Waals surface area contributed by atoms with E-state index in [2.05, 4.69) is 27.3 Å². The molecule has 1 atom stereocenters. The van der Waals surface area contributed by atoms with E-state index in [1.165, 1.54) is 5.56 Å². The van der Waals surface area contributed by atoms with Crippen molar-refractivity contribution in [2.75, 3.05) is 32.1 Å². The first-order valence-corrected chi connectivity index (χ1v) is 9.24. The monoisotopic (exact) mass is 353 g/mol. The highest BCUT2D eigenvalue weighted by atomic mass is 16.5. The minimum absolute atomic E-state index is 0.0296. The molecule has 0 radical (unpaired) electrons. The number of pyridine rings is 1. The minimum Gasteiger partial charge on any atom is -0.497 e. The molecule has 26 heavy (non-hydrogen) atoms. The van der Waals surface area contributed by atoms with Crippen LogP contribution in [0.1, 0.15) is 24.1 Å². The number of methoxy groups -OCH3 is 1. The summed E-state index contributed by atoms with van der Waals surface area (Å²) in [6, 6.07) is 13.9. The van der Waals surface area contributed by atoms with E-state index in [0.717, 1.165) is 50.3 Å². The van der Waals surface area contributed by atoms with Crippen LogP contribution in [0.25, 0.3) is 0 Å². The Bertz CT molecular complexity index is 730. The quantitative estimate of drug-likeness (QED) is 0.866. The molecule has 1 fully saturated rings. The van der Waals surface area contributed by atoms with E-state index in [-0.39, 0.29) is 11.8 Å². The zero-order valence-corrected chi connectivity index (χ0v) is 15.6. The predicted octanol–water partition coefficient (Wildman–Crippen LogP) is 3.29. The molecule has 0 saturated carbocycles. The van der Waals surface area contributed by atoms with Gasteiger partial charge in [-0.25, -0.2) is 4.98 Å². The van der Waals surface area contributed by atoms with Crippen molar-refractivity contribution in [1.29, 1.82) is 0 Å². The molecule has 1 aliphatic heterocycles. The summed E-state index contributed by atoms with van der Waals surface area (Å²) in [6.07, 6.45) is 2.98. The van der Waals surface area contributed by atoms with Crippen LogP contribution < -0.4 is 10.1 Å². The maximum atomic E-state index is 12.6. The number of hydrogen-bond acceptors (Lipinski definition) is 4. The van der Waals surface area contributed by atoms with Crippen molar-refractivity contribution in [2.45, 2.75) is 26.2 Å². The van der Waals surface area contributed by atoms with E-state index in [9.17, 15) is 4.79 Å². The first-order chi connectivity index (χ1) is 12.6. The van der Waals surface area contributed by atoms with Crippen LogP contribution in [0.3, 0.4) is 0 Å². The van der Waals surface area contributed by atoms with Gasteiger partial charge in [-0.2, -0.15) is 0 Å². The molecule has 1 saturated heterocycles. The van der Waals surface area contributed by atoms with E-state index in [0.29, 0.717) is 5.82 Å². The van der Waals surface area contributed by atoms with Crippen molar-refractivity contribution in [2.24, 2.45) is 5.92 Å². The summed E-state index contributed by atoms with van der Waals surface area (Å²) in [5.41, 5.74) is 2.20.